The fourth-order valence-electron chi connectivity index (χ4n) is 1.93. The number of fused-ring (bicyclic) bond motifs is 1. The van der Waals surface area contributed by atoms with Crippen LogP contribution >= 0.6 is 0 Å². The van der Waals surface area contributed by atoms with Gasteiger partial charge in [-0.3, -0.25) is 0 Å². The molecule has 1 unspecified atom stereocenters. The lowest BCUT2D eigenvalue weighted by Crippen LogP contribution is -2.41. The molecule has 0 bridgehead atoms. The summed E-state index contributed by atoms with van der Waals surface area (Å²) in [5.74, 6) is 0. The van der Waals surface area contributed by atoms with E-state index in [-0.39, 0.29) is 0 Å². The zero-order chi connectivity index (χ0) is 10.1. The molecule has 0 saturated carbocycles. The molecular formula is C11H13F2N. The predicted molar refractivity (Wildman–Crippen MR) is 51.5 cm³/mol. The third kappa shape index (κ3) is 1.64. The van der Waals surface area contributed by atoms with Crippen LogP contribution in [-0.4, -0.2) is 12.5 Å². The Morgan fingerprint density at radius 3 is 2.93 bits per heavy atom. The molecule has 1 N–H and O–H groups in total. The molecule has 1 nitrogen and oxygen atoms in total. The minimum atomic E-state index is -2.28. The quantitative estimate of drug-likeness (QED) is 0.728. The van der Waals surface area contributed by atoms with Crippen molar-refractivity contribution in [1.29, 1.82) is 0 Å². The van der Waals surface area contributed by atoms with Gasteiger partial charge in [0.05, 0.1) is 6.04 Å². The van der Waals surface area contributed by atoms with Crippen LogP contribution in [0, 0.1) is 6.92 Å². The third-order valence-corrected chi connectivity index (χ3v) is 2.79. The van der Waals surface area contributed by atoms with Crippen molar-refractivity contribution in [3.63, 3.8) is 0 Å². The molecule has 0 spiro atoms. The summed E-state index contributed by atoms with van der Waals surface area (Å²) < 4.78 is 25.0. The zero-order valence-electron chi connectivity index (χ0n) is 8.06. The topological polar surface area (TPSA) is 12.0 Å². The first kappa shape index (κ1) is 9.59. The number of alkyl halides is 2. The lowest BCUT2D eigenvalue weighted by Gasteiger charge is -2.26. The minimum Gasteiger partial charge on any atom is -0.304 e. The van der Waals surface area contributed by atoms with Crippen molar-refractivity contribution in [2.45, 2.75) is 32.4 Å². The molecule has 14 heavy (non-hydrogen) atoms. The largest absolute Gasteiger partial charge is 0.304 e. The van der Waals surface area contributed by atoms with E-state index >= 15 is 0 Å². The first-order valence-corrected chi connectivity index (χ1v) is 4.77. The van der Waals surface area contributed by atoms with Gasteiger partial charge in [-0.05, 0) is 30.0 Å². The summed E-state index contributed by atoms with van der Waals surface area (Å²) in [5, 5.41) is 2.85. The Labute approximate surface area is 82.1 Å². The molecule has 0 fully saturated rings. The van der Waals surface area contributed by atoms with Gasteiger partial charge in [0.2, 0.25) is 0 Å². The summed E-state index contributed by atoms with van der Waals surface area (Å²) >= 11 is 0. The summed E-state index contributed by atoms with van der Waals surface area (Å²) in [4.78, 5) is 0. The van der Waals surface area contributed by atoms with Gasteiger partial charge in [0.15, 0.2) is 0 Å². The second kappa shape index (κ2) is 3.65. The second-order valence-electron chi connectivity index (χ2n) is 3.74. The Morgan fingerprint density at radius 2 is 2.21 bits per heavy atom. The van der Waals surface area contributed by atoms with Crippen molar-refractivity contribution < 1.29 is 8.78 Å². The van der Waals surface area contributed by atoms with Gasteiger partial charge in [-0.15, -0.1) is 0 Å². The molecule has 0 aliphatic carbocycles. The predicted octanol–water partition coefficient (Wildman–Crippen LogP) is 2.27. The monoisotopic (exact) mass is 197 g/mol. The average molecular weight is 197 g/mol. The number of aryl methyl sites for hydroxylation is 1. The highest BCUT2D eigenvalue weighted by atomic mass is 19.3. The molecule has 0 amide bonds. The van der Waals surface area contributed by atoms with Crippen molar-refractivity contribution >= 4 is 0 Å². The third-order valence-electron chi connectivity index (χ3n) is 2.79. The summed E-state index contributed by atoms with van der Waals surface area (Å²) in [6.07, 6.45) is -1.83. The maximum Gasteiger partial charge on any atom is 0.254 e. The van der Waals surface area contributed by atoms with Crippen LogP contribution in [-0.2, 0) is 13.0 Å². The van der Waals surface area contributed by atoms with E-state index in [4.69, 9.17) is 0 Å². The van der Waals surface area contributed by atoms with Gasteiger partial charge in [-0.2, -0.15) is 0 Å². The van der Waals surface area contributed by atoms with E-state index < -0.39 is 12.5 Å². The van der Waals surface area contributed by atoms with Crippen molar-refractivity contribution in [2.24, 2.45) is 0 Å². The molecular weight excluding hydrogens is 184 g/mol. The summed E-state index contributed by atoms with van der Waals surface area (Å²) in [6, 6.07) is 5.27. The molecule has 1 atom stereocenters. The second-order valence-corrected chi connectivity index (χ2v) is 3.74. The van der Waals surface area contributed by atoms with Gasteiger partial charge in [0.1, 0.15) is 0 Å². The fourth-order valence-corrected chi connectivity index (χ4v) is 1.93. The molecule has 1 aromatic rings. The first-order valence-electron chi connectivity index (χ1n) is 4.77. The molecule has 76 valence electrons. The van der Waals surface area contributed by atoms with Gasteiger partial charge < -0.3 is 5.32 Å². The molecule has 0 radical (unpaired) electrons. The highest BCUT2D eigenvalue weighted by Gasteiger charge is 2.25. The van der Waals surface area contributed by atoms with E-state index in [0.717, 1.165) is 16.7 Å². The van der Waals surface area contributed by atoms with E-state index in [2.05, 4.69) is 5.32 Å². The number of nitrogens with one attached hydrogen (secondary N) is 1. The highest BCUT2D eigenvalue weighted by Crippen LogP contribution is 2.22. The SMILES string of the molecule is Cc1cccc2c1CC(C(F)F)NC2. The Balaban J connectivity index is 2.29. The van der Waals surface area contributed by atoms with Crippen molar-refractivity contribution in [1.82, 2.24) is 5.32 Å². The number of hydrogen-bond acceptors (Lipinski definition) is 1. The first-order chi connectivity index (χ1) is 6.68. The summed E-state index contributed by atoms with van der Waals surface area (Å²) in [7, 11) is 0. The van der Waals surface area contributed by atoms with Crippen molar-refractivity contribution in [2.75, 3.05) is 0 Å². The Bertz CT molecular complexity index is 336. The molecule has 1 heterocycles. The van der Waals surface area contributed by atoms with Gasteiger partial charge in [0, 0.05) is 6.54 Å². The van der Waals surface area contributed by atoms with E-state index in [1.165, 1.54) is 0 Å². The van der Waals surface area contributed by atoms with Crippen LogP contribution in [0.1, 0.15) is 16.7 Å². The molecule has 1 aliphatic rings. The molecule has 3 heteroatoms. The number of benzene rings is 1. The zero-order valence-corrected chi connectivity index (χ0v) is 8.06. The Hall–Kier alpha value is -0.960. The number of halogens is 2. The number of hydrogen-bond donors (Lipinski definition) is 1. The Kier molecular flexibility index (Phi) is 2.50. The van der Waals surface area contributed by atoms with E-state index in [0.29, 0.717) is 13.0 Å². The smallest absolute Gasteiger partial charge is 0.254 e. The number of rotatable bonds is 1. The van der Waals surface area contributed by atoms with Crippen LogP contribution in [0.15, 0.2) is 18.2 Å². The minimum absolute atomic E-state index is 0.444. The molecule has 0 aromatic heterocycles. The van der Waals surface area contributed by atoms with E-state index in [1.807, 2.05) is 25.1 Å². The van der Waals surface area contributed by atoms with Gasteiger partial charge in [-0.1, -0.05) is 18.2 Å². The van der Waals surface area contributed by atoms with Crippen LogP contribution in [0.25, 0.3) is 0 Å². The standard InChI is InChI=1S/C11H13F2N/c1-7-3-2-4-8-6-14-10(11(12)13)5-9(7)8/h2-4,10-11,14H,5-6H2,1H3. The fraction of sp³-hybridized carbons (Fsp3) is 0.455. The van der Waals surface area contributed by atoms with E-state index in [1.54, 1.807) is 0 Å². The normalized spacial score (nSPS) is 21.0. The van der Waals surface area contributed by atoms with E-state index in [9.17, 15) is 8.78 Å². The lowest BCUT2D eigenvalue weighted by molar-refractivity contribution is 0.0941. The maximum atomic E-state index is 12.5. The van der Waals surface area contributed by atoms with Crippen molar-refractivity contribution in [3.05, 3.63) is 34.9 Å². The van der Waals surface area contributed by atoms with Crippen LogP contribution in [0.2, 0.25) is 0 Å². The summed E-state index contributed by atoms with van der Waals surface area (Å²) in [5.41, 5.74) is 3.37. The maximum absolute atomic E-state index is 12.5. The molecule has 1 aliphatic heterocycles. The summed E-state index contributed by atoms with van der Waals surface area (Å²) in [6.45, 7) is 2.54. The van der Waals surface area contributed by atoms with Gasteiger partial charge in [0.25, 0.3) is 6.43 Å². The van der Waals surface area contributed by atoms with Crippen LogP contribution in [0.5, 0.6) is 0 Å². The molecule has 2 rings (SSSR count). The van der Waals surface area contributed by atoms with Gasteiger partial charge in [-0.25, -0.2) is 8.78 Å². The van der Waals surface area contributed by atoms with Crippen LogP contribution in [0.3, 0.4) is 0 Å². The van der Waals surface area contributed by atoms with Crippen LogP contribution in [0.4, 0.5) is 8.78 Å². The van der Waals surface area contributed by atoms with Crippen molar-refractivity contribution in [3.8, 4) is 0 Å². The molecule has 0 saturated heterocycles. The highest BCUT2D eigenvalue weighted by molar-refractivity contribution is 5.36. The molecule has 1 aromatic carbocycles. The van der Waals surface area contributed by atoms with Gasteiger partial charge >= 0.3 is 0 Å². The average Bonchev–Trinajstić information content (AvgIpc) is 2.18. The van der Waals surface area contributed by atoms with Crippen LogP contribution < -0.4 is 5.32 Å². The Morgan fingerprint density at radius 1 is 1.43 bits per heavy atom. The lowest BCUT2D eigenvalue weighted by atomic mass is 9.92.